The van der Waals surface area contributed by atoms with Gasteiger partial charge in [0, 0.05) is 26.2 Å². The third-order valence-corrected chi connectivity index (χ3v) is 4.72. The third-order valence-electron chi connectivity index (χ3n) is 2.99. The molecule has 1 aromatic heterocycles. The van der Waals surface area contributed by atoms with Crippen LogP contribution in [0.2, 0.25) is 10.3 Å². The van der Waals surface area contributed by atoms with Gasteiger partial charge in [-0.25, -0.2) is 4.98 Å². The fourth-order valence-corrected chi connectivity index (χ4v) is 3.30. The highest BCUT2D eigenvalue weighted by atomic mass is 127. The number of pyridine rings is 1. The highest BCUT2D eigenvalue weighted by Crippen LogP contribution is 2.22. The maximum atomic E-state index is 12.0. The largest absolute Gasteiger partial charge is 0.323 e. The Bertz CT molecular complexity index is 483. The molecule has 0 aliphatic carbocycles. The number of halogens is 3. The number of hydrogen-bond acceptors (Lipinski definition) is 4. The molecular weight excluding hydrogens is 414 g/mol. The van der Waals surface area contributed by atoms with Gasteiger partial charge >= 0.3 is 0 Å². The Morgan fingerprint density at radius 3 is 2.80 bits per heavy atom. The molecule has 1 aliphatic rings. The molecule has 0 bridgehead atoms. The minimum absolute atomic E-state index is 0.0750. The van der Waals surface area contributed by atoms with E-state index >= 15 is 0 Å². The summed E-state index contributed by atoms with van der Waals surface area (Å²) in [5, 5.41) is 6.57. The molecular formula is C12H15Cl2IN4O. The molecule has 0 radical (unpaired) electrons. The Kier molecular flexibility index (Phi) is 6.28. The number of nitrogens with zero attached hydrogens (tertiary/aromatic N) is 2. The molecule has 1 unspecified atom stereocenters. The molecule has 1 saturated heterocycles. The van der Waals surface area contributed by atoms with Crippen molar-refractivity contribution < 1.29 is 4.79 Å². The van der Waals surface area contributed by atoms with Gasteiger partial charge in [0.25, 0.3) is 0 Å². The number of anilines is 1. The molecule has 1 aromatic rings. The molecule has 1 atom stereocenters. The number of aromatic nitrogens is 1. The lowest BCUT2D eigenvalue weighted by Gasteiger charge is -2.31. The van der Waals surface area contributed by atoms with Crippen LogP contribution in [0.1, 0.15) is 6.42 Å². The summed E-state index contributed by atoms with van der Waals surface area (Å²) in [6, 6.07) is 3.25. The summed E-state index contributed by atoms with van der Waals surface area (Å²) in [6.45, 7) is 3.86. The second kappa shape index (κ2) is 7.74. The quantitative estimate of drug-likeness (QED) is 0.334. The lowest BCUT2D eigenvalue weighted by molar-refractivity contribution is -0.116. The zero-order valence-corrected chi connectivity index (χ0v) is 14.4. The van der Waals surface area contributed by atoms with Crippen LogP contribution in [0.4, 0.5) is 5.69 Å². The van der Waals surface area contributed by atoms with E-state index in [1.54, 1.807) is 12.1 Å². The summed E-state index contributed by atoms with van der Waals surface area (Å²) in [5.41, 5.74) is 0.491. The molecule has 0 spiro atoms. The fraction of sp³-hybridized carbons (Fsp3) is 0.500. The van der Waals surface area contributed by atoms with Gasteiger partial charge in [-0.05, 0) is 12.1 Å². The van der Waals surface area contributed by atoms with E-state index < -0.39 is 0 Å². The van der Waals surface area contributed by atoms with Crippen molar-refractivity contribution in [2.24, 2.45) is 0 Å². The molecule has 8 heteroatoms. The van der Waals surface area contributed by atoms with E-state index in [-0.39, 0.29) is 15.1 Å². The number of carbonyl (C=O) groups excluding carboxylic acids is 1. The average molecular weight is 429 g/mol. The summed E-state index contributed by atoms with van der Waals surface area (Å²) in [6.07, 6.45) is 0.416. The van der Waals surface area contributed by atoms with Crippen LogP contribution in [0.25, 0.3) is 0 Å². The smallest absolute Gasteiger partial charge is 0.226 e. The van der Waals surface area contributed by atoms with Crippen LogP contribution < -0.4 is 10.6 Å². The summed E-state index contributed by atoms with van der Waals surface area (Å²) < 4.78 is 0.175. The molecule has 0 aromatic carbocycles. The van der Waals surface area contributed by atoms with Crippen LogP contribution in [0.5, 0.6) is 0 Å². The monoisotopic (exact) mass is 428 g/mol. The fourth-order valence-electron chi connectivity index (χ4n) is 1.95. The predicted octanol–water partition coefficient (Wildman–Crippen LogP) is 2.38. The highest BCUT2D eigenvalue weighted by molar-refractivity contribution is 14.1. The zero-order valence-electron chi connectivity index (χ0n) is 10.7. The van der Waals surface area contributed by atoms with Crippen LogP contribution in [0, 0.1) is 0 Å². The SMILES string of the molecule is O=C(CC(I)N1CCNCC1)Nc1ccc(Cl)nc1Cl. The van der Waals surface area contributed by atoms with Gasteiger partial charge in [-0.15, -0.1) is 0 Å². The van der Waals surface area contributed by atoms with Crippen molar-refractivity contribution in [3.8, 4) is 0 Å². The molecule has 1 fully saturated rings. The summed E-state index contributed by atoms with van der Waals surface area (Å²) >= 11 is 13.9. The summed E-state index contributed by atoms with van der Waals surface area (Å²) in [4.78, 5) is 18.2. The van der Waals surface area contributed by atoms with Crippen molar-refractivity contribution in [3.05, 3.63) is 22.4 Å². The maximum Gasteiger partial charge on any atom is 0.226 e. The van der Waals surface area contributed by atoms with Gasteiger partial charge in [0.2, 0.25) is 5.91 Å². The van der Waals surface area contributed by atoms with Crippen molar-refractivity contribution in [1.82, 2.24) is 15.2 Å². The predicted molar refractivity (Wildman–Crippen MR) is 89.8 cm³/mol. The van der Waals surface area contributed by atoms with Crippen LogP contribution >= 0.6 is 45.8 Å². The van der Waals surface area contributed by atoms with E-state index in [2.05, 4.69) is 43.1 Å². The van der Waals surface area contributed by atoms with Gasteiger partial charge < -0.3 is 10.6 Å². The van der Waals surface area contributed by atoms with E-state index in [9.17, 15) is 4.79 Å². The lowest BCUT2D eigenvalue weighted by atomic mass is 10.3. The van der Waals surface area contributed by atoms with E-state index in [1.165, 1.54) is 0 Å². The molecule has 0 saturated carbocycles. The molecule has 2 heterocycles. The van der Waals surface area contributed by atoms with Crippen molar-refractivity contribution in [2.45, 2.75) is 10.5 Å². The lowest BCUT2D eigenvalue weighted by Crippen LogP contribution is -2.47. The van der Waals surface area contributed by atoms with Crippen LogP contribution in [-0.4, -0.2) is 46.0 Å². The summed E-state index contributed by atoms with van der Waals surface area (Å²) in [5.74, 6) is -0.0750. The molecule has 2 N–H and O–H groups in total. The molecule has 1 amide bonds. The highest BCUT2D eigenvalue weighted by Gasteiger charge is 2.20. The van der Waals surface area contributed by atoms with E-state index in [0.717, 1.165) is 26.2 Å². The number of piperazine rings is 1. The van der Waals surface area contributed by atoms with Crippen molar-refractivity contribution >= 4 is 57.4 Å². The number of alkyl halides is 1. The second-order valence-corrected chi connectivity index (χ2v) is 6.63. The van der Waals surface area contributed by atoms with E-state index in [1.807, 2.05) is 0 Å². The van der Waals surface area contributed by atoms with Gasteiger partial charge in [-0.2, -0.15) is 0 Å². The van der Waals surface area contributed by atoms with Gasteiger partial charge in [0.1, 0.15) is 5.15 Å². The van der Waals surface area contributed by atoms with Crippen molar-refractivity contribution in [3.63, 3.8) is 0 Å². The maximum absolute atomic E-state index is 12.0. The minimum atomic E-state index is -0.0750. The first-order valence-corrected chi connectivity index (χ1v) is 8.27. The first kappa shape index (κ1) is 16.2. The van der Waals surface area contributed by atoms with Gasteiger partial charge in [0.05, 0.1) is 16.2 Å². The third kappa shape index (κ3) is 4.70. The van der Waals surface area contributed by atoms with Gasteiger partial charge in [-0.1, -0.05) is 45.8 Å². The molecule has 20 heavy (non-hydrogen) atoms. The Morgan fingerprint density at radius 2 is 2.15 bits per heavy atom. The number of nitrogens with one attached hydrogen (secondary N) is 2. The Morgan fingerprint density at radius 1 is 1.45 bits per heavy atom. The van der Waals surface area contributed by atoms with E-state index in [4.69, 9.17) is 23.2 Å². The van der Waals surface area contributed by atoms with Crippen LogP contribution in [0.3, 0.4) is 0 Å². The van der Waals surface area contributed by atoms with E-state index in [0.29, 0.717) is 17.3 Å². The Hall–Kier alpha value is -0.150. The number of amides is 1. The molecule has 2 rings (SSSR count). The number of hydrogen-bond donors (Lipinski definition) is 2. The number of carbonyl (C=O) groups is 1. The molecule has 110 valence electrons. The summed E-state index contributed by atoms with van der Waals surface area (Å²) in [7, 11) is 0. The van der Waals surface area contributed by atoms with Crippen LogP contribution in [0.15, 0.2) is 12.1 Å². The minimum Gasteiger partial charge on any atom is -0.323 e. The van der Waals surface area contributed by atoms with Gasteiger partial charge in [0.15, 0.2) is 5.15 Å². The second-order valence-electron chi connectivity index (χ2n) is 4.45. The first-order chi connectivity index (χ1) is 9.56. The standard InChI is InChI=1S/C12H15Cl2IN4O/c13-9-2-1-8(12(14)18-9)17-11(20)7-10(15)19-5-3-16-4-6-19/h1-2,10,16H,3-7H2,(H,17,20). The van der Waals surface area contributed by atoms with Crippen molar-refractivity contribution in [1.29, 1.82) is 0 Å². The topological polar surface area (TPSA) is 57.3 Å². The first-order valence-electron chi connectivity index (χ1n) is 6.27. The van der Waals surface area contributed by atoms with Crippen LogP contribution in [-0.2, 0) is 4.79 Å². The Balaban J connectivity index is 1.88. The molecule has 1 aliphatic heterocycles. The average Bonchev–Trinajstić information content (AvgIpc) is 2.43. The zero-order chi connectivity index (χ0) is 14.5. The van der Waals surface area contributed by atoms with Gasteiger partial charge in [-0.3, -0.25) is 9.69 Å². The Labute approximate surface area is 141 Å². The normalized spacial score (nSPS) is 17.8. The van der Waals surface area contributed by atoms with Crippen molar-refractivity contribution in [2.75, 3.05) is 31.5 Å². The molecule has 5 nitrogen and oxygen atoms in total. The number of rotatable bonds is 4.